The van der Waals surface area contributed by atoms with Crippen molar-refractivity contribution in [2.24, 2.45) is 0 Å². The van der Waals surface area contributed by atoms with Crippen molar-refractivity contribution in [3.05, 3.63) is 53.1 Å². The van der Waals surface area contributed by atoms with Crippen molar-refractivity contribution in [3.8, 4) is 5.75 Å². The van der Waals surface area contributed by atoms with E-state index in [2.05, 4.69) is 0 Å². The van der Waals surface area contributed by atoms with Gasteiger partial charge in [-0.05, 0) is 48.4 Å². The number of carbonyl (C=O) groups excluding carboxylic acids is 1. The number of halogens is 1. The number of likely N-dealkylation sites (N-methyl/N-ethyl adjacent to an activating group) is 1. The summed E-state index contributed by atoms with van der Waals surface area (Å²) in [5.74, 6) is 0.557. The van der Waals surface area contributed by atoms with Crippen LogP contribution >= 0.6 is 11.6 Å². The van der Waals surface area contributed by atoms with Crippen molar-refractivity contribution in [1.82, 2.24) is 4.31 Å². The summed E-state index contributed by atoms with van der Waals surface area (Å²) in [5, 5.41) is 0.358. The molecule has 27 heavy (non-hydrogen) atoms. The Balaban J connectivity index is 1.75. The topological polar surface area (TPSA) is 66.9 Å². The van der Waals surface area contributed by atoms with Gasteiger partial charge >= 0.3 is 0 Å². The Hall–Kier alpha value is -2.09. The van der Waals surface area contributed by atoms with E-state index in [1.165, 1.54) is 16.4 Å². The SMILES string of the molecule is COc1ccc2c(c1)[C@@]1(CCN(S(=O)(=O)c3cccc(Cl)c3)C1)C(=O)N2C. The Labute approximate surface area is 163 Å². The summed E-state index contributed by atoms with van der Waals surface area (Å²) in [4.78, 5) is 14.8. The number of benzene rings is 2. The number of carbonyl (C=O) groups is 1. The van der Waals surface area contributed by atoms with Crippen molar-refractivity contribution in [1.29, 1.82) is 0 Å². The van der Waals surface area contributed by atoms with Crippen LogP contribution in [0.25, 0.3) is 0 Å². The first-order chi connectivity index (χ1) is 12.8. The fourth-order valence-corrected chi connectivity index (χ4v) is 5.82. The van der Waals surface area contributed by atoms with E-state index < -0.39 is 15.4 Å². The van der Waals surface area contributed by atoms with Gasteiger partial charge in [-0.15, -0.1) is 0 Å². The summed E-state index contributed by atoms with van der Waals surface area (Å²) < 4.78 is 32.8. The fourth-order valence-electron chi connectivity index (χ4n) is 4.01. The van der Waals surface area contributed by atoms with Crippen LogP contribution in [-0.4, -0.2) is 45.9 Å². The van der Waals surface area contributed by atoms with Gasteiger partial charge in [0.05, 0.1) is 17.4 Å². The van der Waals surface area contributed by atoms with Crippen LogP contribution in [0.4, 0.5) is 5.69 Å². The van der Waals surface area contributed by atoms with Gasteiger partial charge in [-0.3, -0.25) is 4.79 Å². The quantitative estimate of drug-likeness (QED) is 0.786. The van der Waals surface area contributed by atoms with Gasteiger partial charge in [-0.25, -0.2) is 8.42 Å². The number of methoxy groups -OCH3 is 1. The standard InChI is InChI=1S/C19H19ClN2O4S/c1-21-17-7-6-14(26-2)11-16(17)19(18(21)23)8-9-22(12-19)27(24,25)15-5-3-4-13(20)10-15/h3-7,10-11H,8-9,12H2,1-2H3/t19-/m0/s1. The molecular weight excluding hydrogens is 388 g/mol. The summed E-state index contributed by atoms with van der Waals surface area (Å²) in [6.45, 7) is 0.371. The maximum atomic E-state index is 13.1. The van der Waals surface area contributed by atoms with E-state index >= 15 is 0 Å². The molecule has 0 radical (unpaired) electrons. The van der Waals surface area contributed by atoms with E-state index in [-0.39, 0.29) is 23.9 Å². The number of fused-ring (bicyclic) bond motifs is 2. The molecule has 0 unspecified atom stereocenters. The molecular formula is C19H19ClN2O4S. The Kier molecular flexibility index (Phi) is 4.21. The van der Waals surface area contributed by atoms with Gasteiger partial charge in [0.15, 0.2) is 0 Å². The average molecular weight is 407 g/mol. The van der Waals surface area contributed by atoms with Gasteiger partial charge < -0.3 is 9.64 Å². The third-order valence-electron chi connectivity index (χ3n) is 5.46. The molecule has 142 valence electrons. The molecule has 4 rings (SSSR count). The Morgan fingerprint density at radius 3 is 2.67 bits per heavy atom. The zero-order valence-electron chi connectivity index (χ0n) is 15.0. The molecule has 1 saturated heterocycles. The third-order valence-corrected chi connectivity index (χ3v) is 7.54. The highest BCUT2D eigenvalue weighted by molar-refractivity contribution is 7.89. The first kappa shape index (κ1) is 18.3. The fraction of sp³-hybridized carbons (Fsp3) is 0.316. The number of hydrogen-bond acceptors (Lipinski definition) is 4. The zero-order chi connectivity index (χ0) is 19.4. The van der Waals surface area contributed by atoms with Gasteiger partial charge in [0.1, 0.15) is 5.75 Å². The average Bonchev–Trinajstić information content (AvgIpc) is 3.20. The molecule has 6 nitrogen and oxygen atoms in total. The number of hydrogen-bond donors (Lipinski definition) is 0. The monoisotopic (exact) mass is 406 g/mol. The Bertz CT molecular complexity index is 1040. The summed E-state index contributed by atoms with van der Waals surface area (Å²) in [6.07, 6.45) is 0.427. The number of ether oxygens (including phenoxy) is 1. The van der Waals surface area contributed by atoms with Crippen molar-refractivity contribution in [2.75, 3.05) is 32.1 Å². The van der Waals surface area contributed by atoms with Gasteiger partial charge in [0, 0.05) is 30.8 Å². The van der Waals surface area contributed by atoms with E-state index in [1.807, 2.05) is 12.1 Å². The lowest BCUT2D eigenvalue weighted by Crippen LogP contribution is -2.42. The van der Waals surface area contributed by atoms with Crippen LogP contribution in [0, 0.1) is 0 Å². The summed E-state index contributed by atoms with van der Waals surface area (Å²) in [7, 11) is -0.449. The first-order valence-corrected chi connectivity index (χ1v) is 10.3. The second kappa shape index (κ2) is 6.22. The lowest BCUT2D eigenvalue weighted by atomic mass is 9.81. The molecule has 2 aromatic carbocycles. The number of anilines is 1. The van der Waals surface area contributed by atoms with E-state index in [0.29, 0.717) is 17.2 Å². The van der Waals surface area contributed by atoms with Crippen LogP contribution in [-0.2, 0) is 20.2 Å². The maximum absolute atomic E-state index is 13.1. The predicted octanol–water partition coefficient (Wildman–Crippen LogP) is 2.66. The van der Waals surface area contributed by atoms with Crippen LogP contribution in [0.5, 0.6) is 5.75 Å². The van der Waals surface area contributed by atoms with Crippen LogP contribution in [0.1, 0.15) is 12.0 Å². The second-order valence-corrected chi connectivity index (χ2v) is 9.25. The van der Waals surface area contributed by atoms with Crippen LogP contribution < -0.4 is 9.64 Å². The van der Waals surface area contributed by atoms with E-state index in [1.54, 1.807) is 37.3 Å². The molecule has 1 atom stereocenters. The van der Waals surface area contributed by atoms with Crippen molar-refractivity contribution < 1.29 is 17.9 Å². The van der Waals surface area contributed by atoms with E-state index in [0.717, 1.165) is 11.3 Å². The van der Waals surface area contributed by atoms with Crippen LogP contribution in [0.15, 0.2) is 47.4 Å². The molecule has 0 bridgehead atoms. The van der Waals surface area contributed by atoms with Crippen molar-refractivity contribution >= 4 is 33.2 Å². The Morgan fingerprint density at radius 1 is 1.19 bits per heavy atom. The predicted molar refractivity (Wildman–Crippen MR) is 103 cm³/mol. The molecule has 0 aromatic heterocycles. The van der Waals surface area contributed by atoms with E-state index in [9.17, 15) is 13.2 Å². The molecule has 0 aliphatic carbocycles. The molecule has 0 N–H and O–H groups in total. The third kappa shape index (κ3) is 2.64. The number of rotatable bonds is 3. The number of sulfonamides is 1. The molecule has 2 heterocycles. The molecule has 1 fully saturated rings. The largest absolute Gasteiger partial charge is 0.497 e. The minimum absolute atomic E-state index is 0.0884. The van der Waals surface area contributed by atoms with Crippen molar-refractivity contribution in [2.45, 2.75) is 16.7 Å². The molecule has 8 heteroatoms. The molecule has 2 aromatic rings. The highest BCUT2D eigenvalue weighted by Crippen LogP contribution is 2.48. The minimum atomic E-state index is -3.74. The molecule has 1 amide bonds. The maximum Gasteiger partial charge on any atom is 0.243 e. The lowest BCUT2D eigenvalue weighted by molar-refractivity contribution is -0.122. The number of nitrogens with zero attached hydrogens (tertiary/aromatic N) is 2. The lowest BCUT2D eigenvalue weighted by Gasteiger charge is -2.23. The summed E-state index contributed by atoms with van der Waals surface area (Å²) in [5.41, 5.74) is 0.727. The van der Waals surface area contributed by atoms with Gasteiger partial charge in [-0.1, -0.05) is 17.7 Å². The summed E-state index contributed by atoms with van der Waals surface area (Å²) >= 11 is 5.96. The van der Waals surface area contributed by atoms with Gasteiger partial charge in [0.25, 0.3) is 0 Å². The van der Waals surface area contributed by atoms with Gasteiger partial charge in [-0.2, -0.15) is 4.31 Å². The normalized spacial score (nSPS) is 22.5. The molecule has 1 spiro atoms. The van der Waals surface area contributed by atoms with Crippen LogP contribution in [0.2, 0.25) is 5.02 Å². The molecule has 2 aliphatic heterocycles. The highest BCUT2D eigenvalue weighted by Gasteiger charge is 2.55. The number of amides is 1. The smallest absolute Gasteiger partial charge is 0.243 e. The van der Waals surface area contributed by atoms with Crippen molar-refractivity contribution in [3.63, 3.8) is 0 Å². The Morgan fingerprint density at radius 2 is 1.96 bits per heavy atom. The summed E-state index contributed by atoms with van der Waals surface area (Å²) in [6, 6.07) is 11.7. The van der Waals surface area contributed by atoms with E-state index in [4.69, 9.17) is 16.3 Å². The highest BCUT2D eigenvalue weighted by atomic mass is 35.5. The zero-order valence-corrected chi connectivity index (χ0v) is 16.5. The van der Waals surface area contributed by atoms with Gasteiger partial charge in [0.2, 0.25) is 15.9 Å². The van der Waals surface area contributed by atoms with Crippen LogP contribution in [0.3, 0.4) is 0 Å². The molecule has 0 saturated carbocycles. The second-order valence-electron chi connectivity index (χ2n) is 6.88. The minimum Gasteiger partial charge on any atom is -0.497 e. The first-order valence-electron chi connectivity index (χ1n) is 8.52. The molecule has 2 aliphatic rings.